The van der Waals surface area contributed by atoms with E-state index in [0.717, 1.165) is 45.3 Å². The molecular weight excluding hydrogens is 421 g/mol. The number of benzene rings is 4. The number of rotatable bonds is 2. The molecule has 1 unspecified atom stereocenters. The third-order valence-electron chi connectivity index (χ3n) is 7.61. The highest BCUT2D eigenvalue weighted by Crippen LogP contribution is 2.62. The summed E-state index contributed by atoms with van der Waals surface area (Å²) in [5.74, 6) is 0. The van der Waals surface area contributed by atoms with Gasteiger partial charge in [0, 0.05) is 34.7 Å². The lowest BCUT2D eigenvalue weighted by Gasteiger charge is -2.37. The molecule has 0 spiro atoms. The normalized spacial score (nSPS) is 21.0. The maximum Gasteiger partial charge on any atom is 0.172 e. The molecule has 4 aromatic rings. The molecule has 0 fully saturated rings. The Balaban J connectivity index is 1.49. The zero-order valence-electron chi connectivity index (χ0n) is 18.6. The van der Waals surface area contributed by atoms with Crippen molar-refractivity contribution < 1.29 is 4.57 Å². The smallest absolute Gasteiger partial charge is 0.172 e. The van der Waals surface area contributed by atoms with E-state index in [1.807, 2.05) is 30.3 Å². The van der Waals surface area contributed by atoms with Gasteiger partial charge in [-0.3, -0.25) is 0 Å². The zero-order valence-corrected chi connectivity index (χ0v) is 19.5. The molecule has 0 aromatic heterocycles. The topological polar surface area (TPSA) is 20.3 Å². The van der Waals surface area contributed by atoms with Crippen LogP contribution in [0.5, 0.6) is 0 Å². The molecule has 3 aliphatic rings. The van der Waals surface area contributed by atoms with E-state index in [1.54, 1.807) is 0 Å². The maximum absolute atomic E-state index is 15.2. The highest BCUT2D eigenvalue weighted by Gasteiger charge is 2.40. The van der Waals surface area contributed by atoms with Crippen molar-refractivity contribution in [1.82, 2.24) is 0 Å². The van der Waals surface area contributed by atoms with E-state index >= 15 is 4.57 Å². The Morgan fingerprint density at radius 3 is 2.06 bits per heavy atom. The first-order chi connectivity index (χ1) is 16.2. The van der Waals surface area contributed by atoms with Crippen molar-refractivity contribution in [3.8, 4) is 0 Å². The van der Waals surface area contributed by atoms with Crippen LogP contribution in [0.3, 0.4) is 0 Å². The molecule has 1 atom stereocenters. The summed E-state index contributed by atoms with van der Waals surface area (Å²) in [4.78, 5) is 2.57. The highest BCUT2D eigenvalue weighted by molar-refractivity contribution is 7.88. The number of fused-ring (bicyclic) bond motifs is 2. The maximum atomic E-state index is 15.2. The van der Waals surface area contributed by atoms with Gasteiger partial charge < -0.3 is 9.46 Å². The van der Waals surface area contributed by atoms with Gasteiger partial charge in [-0.15, -0.1) is 0 Å². The number of nitrogens with zero attached hydrogens (tertiary/aromatic N) is 1. The van der Waals surface area contributed by atoms with Gasteiger partial charge in [-0.05, 0) is 89.1 Å². The fourth-order valence-electron chi connectivity index (χ4n) is 6.13. The fourth-order valence-corrected chi connectivity index (χ4v) is 9.17. The lowest BCUT2D eigenvalue weighted by atomic mass is 9.90. The molecule has 0 saturated heterocycles. The minimum atomic E-state index is -2.96. The summed E-state index contributed by atoms with van der Waals surface area (Å²) < 4.78 is 15.2. The van der Waals surface area contributed by atoms with Gasteiger partial charge in [-0.25, -0.2) is 0 Å². The van der Waals surface area contributed by atoms with Gasteiger partial charge in [-0.1, -0.05) is 54.6 Å². The van der Waals surface area contributed by atoms with Gasteiger partial charge in [0.2, 0.25) is 0 Å². The van der Waals surface area contributed by atoms with Crippen molar-refractivity contribution in [2.24, 2.45) is 0 Å². The van der Waals surface area contributed by atoms with Crippen LogP contribution in [0, 0.1) is 0 Å². The largest absolute Gasteiger partial charge is 0.371 e. The van der Waals surface area contributed by atoms with Gasteiger partial charge in [0.05, 0.1) is 0 Å². The fraction of sp³-hybridized carbons (Fsp3) is 0.200. The zero-order chi connectivity index (χ0) is 22.0. The van der Waals surface area contributed by atoms with Crippen LogP contribution in [-0.4, -0.2) is 13.1 Å². The molecule has 0 radical (unpaired) electrons. The Kier molecular flexibility index (Phi) is 4.23. The van der Waals surface area contributed by atoms with E-state index in [1.165, 1.54) is 48.1 Å². The molecule has 3 heteroatoms. The minimum Gasteiger partial charge on any atom is -0.371 e. The van der Waals surface area contributed by atoms with E-state index in [9.17, 15) is 0 Å². The van der Waals surface area contributed by atoms with Crippen molar-refractivity contribution >= 4 is 45.6 Å². The van der Waals surface area contributed by atoms with E-state index < -0.39 is 7.14 Å². The molecule has 0 N–H and O–H groups in total. The summed E-state index contributed by atoms with van der Waals surface area (Å²) in [6, 6.07) is 27.6. The van der Waals surface area contributed by atoms with E-state index in [4.69, 9.17) is 0 Å². The summed E-state index contributed by atoms with van der Waals surface area (Å²) in [6.45, 7) is 2.34. The van der Waals surface area contributed by atoms with E-state index in [0.29, 0.717) is 0 Å². The highest BCUT2D eigenvalue weighted by atomic mass is 31.2. The van der Waals surface area contributed by atoms with Crippen LogP contribution < -0.4 is 15.5 Å². The summed E-state index contributed by atoms with van der Waals surface area (Å²) in [5, 5.41) is 5.26. The molecule has 3 aliphatic heterocycles. The molecule has 0 amide bonds. The first-order valence-corrected chi connectivity index (χ1v) is 13.7. The second-order valence-corrected chi connectivity index (χ2v) is 12.3. The van der Waals surface area contributed by atoms with E-state index in [2.05, 4.69) is 59.5 Å². The molecular formula is C30H26NOP. The summed E-state index contributed by atoms with van der Waals surface area (Å²) in [7, 11) is -2.96. The first-order valence-electron chi connectivity index (χ1n) is 12.0. The van der Waals surface area contributed by atoms with Crippen molar-refractivity contribution in [3.63, 3.8) is 0 Å². The molecule has 4 aromatic carbocycles. The number of aryl methyl sites for hydroxylation is 2. The predicted molar refractivity (Wildman–Crippen MR) is 140 cm³/mol. The number of anilines is 1. The van der Waals surface area contributed by atoms with Crippen molar-refractivity contribution in [3.05, 3.63) is 101 Å². The third kappa shape index (κ3) is 2.84. The van der Waals surface area contributed by atoms with Gasteiger partial charge in [0.15, 0.2) is 7.14 Å². The van der Waals surface area contributed by atoms with Crippen LogP contribution in [0.2, 0.25) is 0 Å². The quantitative estimate of drug-likeness (QED) is 0.333. The monoisotopic (exact) mass is 447 g/mol. The van der Waals surface area contributed by atoms with Gasteiger partial charge in [0.1, 0.15) is 0 Å². The molecule has 2 nitrogen and oxygen atoms in total. The van der Waals surface area contributed by atoms with Gasteiger partial charge in [-0.2, -0.15) is 0 Å². The number of hydrogen-bond acceptors (Lipinski definition) is 2. The Hall–Kier alpha value is -3.09. The molecule has 33 heavy (non-hydrogen) atoms. The SMILES string of the molecule is O=P1(c2ccccc2)C(c2cc3c4c(c2)CCCN4CCC3)=Cc2cc3ccccc3cc21. The van der Waals surface area contributed by atoms with Crippen LogP contribution in [0.25, 0.3) is 22.2 Å². The van der Waals surface area contributed by atoms with Crippen LogP contribution in [0.1, 0.15) is 35.1 Å². The lowest BCUT2D eigenvalue weighted by Crippen LogP contribution is -2.34. The van der Waals surface area contributed by atoms with E-state index in [-0.39, 0.29) is 0 Å². The molecule has 0 aliphatic carbocycles. The van der Waals surface area contributed by atoms with Crippen LogP contribution >= 0.6 is 7.14 Å². The van der Waals surface area contributed by atoms with Crippen LogP contribution in [-0.2, 0) is 17.4 Å². The second-order valence-electron chi connectivity index (χ2n) is 9.57. The third-order valence-corrected chi connectivity index (χ3v) is 10.8. The first kappa shape index (κ1) is 19.4. The lowest BCUT2D eigenvalue weighted by molar-refractivity contribution is 0.593. The molecule has 0 bridgehead atoms. The van der Waals surface area contributed by atoms with Gasteiger partial charge >= 0.3 is 0 Å². The summed E-state index contributed by atoms with van der Waals surface area (Å²) in [5.41, 5.74) is 6.60. The summed E-state index contributed by atoms with van der Waals surface area (Å²) >= 11 is 0. The predicted octanol–water partition coefficient (Wildman–Crippen LogP) is 6.36. The summed E-state index contributed by atoms with van der Waals surface area (Å²) in [6.07, 6.45) is 6.86. The molecule has 0 saturated carbocycles. The molecule has 7 rings (SSSR count). The van der Waals surface area contributed by atoms with Crippen molar-refractivity contribution in [2.75, 3.05) is 18.0 Å². The van der Waals surface area contributed by atoms with Crippen molar-refractivity contribution in [1.29, 1.82) is 0 Å². The Morgan fingerprint density at radius 2 is 1.36 bits per heavy atom. The Morgan fingerprint density at radius 1 is 0.727 bits per heavy atom. The average molecular weight is 448 g/mol. The molecule has 162 valence electrons. The average Bonchev–Trinajstić information content (AvgIpc) is 3.16. The van der Waals surface area contributed by atoms with Crippen LogP contribution in [0.15, 0.2) is 78.9 Å². The van der Waals surface area contributed by atoms with Gasteiger partial charge in [0.25, 0.3) is 0 Å². The number of hydrogen-bond donors (Lipinski definition) is 0. The Bertz CT molecular complexity index is 1470. The van der Waals surface area contributed by atoms with Crippen LogP contribution in [0.4, 0.5) is 5.69 Å². The Labute approximate surface area is 194 Å². The second kappa shape index (κ2) is 7.20. The minimum absolute atomic E-state index is 0.929. The van der Waals surface area contributed by atoms with Crippen molar-refractivity contribution in [2.45, 2.75) is 25.7 Å². The molecule has 3 heterocycles. The standard InChI is InChI=1S/C30H26NOP/c32-33(27-12-2-1-3-13-27)28-19-22-9-5-4-8-21(22)16-26(28)20-29(33)25-17-23-10-6-14-31-15-7-11-24(18-25)30(23)31/h1-5,8-9,12-13,16-20H,6-7,10-11,14-15H2.